The third-order valence-electron chi connectivity index (χ3n) is 6.55. The molecule has 5 aromatic rings. The number of fused-ring (bicyclic) bond motifs is 4. The standard InChI is InChI=1S/C25H15F4N5O5S/c26-25(27,28)38-21-6-18-20(5-17(21)13-4-15(11-31-8-13)39-40(29,36)37)34(14-9-32-10-14)24-22(23(18)35)16-2-1-12(7-30)3-19(16)33-24/h1-6,8,11,14,32-33H,9-10H2. The van der Waals surface area contributed by atoms with E-state index in [0.717, 1.165) is 24.5 Å². The number of nitrogens with zero attached hydrogens (tertiary/aromatic N) is 3. The number of hydrogen-bond donors (Lipinski definition) is 2. The molecule has 0 bridgehead atoms. The molecule has 0 spiro atoms. The van der Waals surface area contributed by atoms with Crippen molar-refractivity contribution in [1.82, 2.24) is 19.9 Å². The maximum atomic E-state index is 13.8. The number of aromatic amines is 1. The number of nitriles is 1. The number of pyridine rings is 2. The number of hydrogen-bond acceptors (Lipinski definition) is 8. The van der Waals surface area contributed by atoms with Crippen molar-refractivity contribution in [3.63, 3.8) is 0 Å². The van der Waals surface area contributed by atoms with Crippen molar-refractivity contribution >= 4 is 43.3 Å². The molecule has 6 rings (SSSR count). The molecule has 0 atom stereocenters. The molecule has 1 aliphatic heterocycles. The molecule has 0 saturated carbocycles. The van der Waals surface area contributed by atoms with Gasteiger partial charge in [-0.3, -0.25) is 9.78 Å². The van der Waals surface area contributed by atoms with Crippen LogP contribution in [0.2, 0.25) is 0 Å². The number of H-pyrrole nitrogens is 1. The Morgan fingerprint density at radius 3 is 2.52 bits per heavy atom. The van der Waals surface area contributed by atoms with E-state index in [1.165, 1.54) is 12.1 Å². The highest BCUT2D eigenvalue weighted by atomic mass is 32.3. The van der Waals surface area contributed by atoms with E-state index in [-0.39, 0.29) is 33.5 Å². The van der Waals surface area contributed by atoms with Gasteiger partial charge in [0.25, 0.3) is 0 Å². The minimum atomic E-state index is -5.44. The minimum Gasteiger partial charge on any atom is -0.405 e. The summed E-state index contributed by atoms with van der Waals surface area (Å²) in [6.45, 7) is 1.00. The average Bonchev–Trinajstić information content (AvgIpc) is 3.22. The quantitative estimate of drug-likeness (QED) is 0.236. The Morgan fingerprint density at radius 1 is 1.10 bits per heavy atom. The fourth-order valence-corrected chi connectivity index (χ4v) is 5.19. The third-order valence-corrected chi connectivity index (χ3v) is 6.94. The van der Waals surface area contributed by atoms with Gasteiger partial charge in [0.15, 0.2) is 11.2 Å². The molecule has 4 heterocycles. The molecule has 0 amide bonds. The molecule has 1 fully saturated rings. The van der Waals surface area contributed by atoms with Gasteiger partial charge in [-0.15, -0.1) is 13.2 Å². The summed E-state index contributed by atoms with van der Waals surface area (Å²) in [7, 11) is -5.44. The summed E-state index contributed by atoms with van der Waals surface area (Å²) in [6.07, 6.45) is -3.17. The van der Waals surface area contributed by atoms with Gasteiger partial charge in [-0.2, -0.15) is 13.7 Å². The summed E-state index contributed by atoms with van der Waals surface area (Å²) >= 11 is 0. The zero-order valence-electron chi connectivity index (χ0n) is 19.9. The van der Waals surface area contributed by atoms with Crippen LogP contribution in [0.25, 0.3) is 44.0 Å². The van der Waals surface area contributed by atoms with E-state index < -0.39 is 33.8 Å². The second kappa shape index (κ2) is 8.93. The molecule has 2 N–H and O–H groups in total. The highest BCUT2D eigenvalue weighted by molar-refractivity contribution is 7.81. The fourth-order valence-electron chi connectivity index (χ4n) is 4.86. The van der Waals surface area contributed by atoms with Crippen LogP contribution >= 0.6 is 0 Å². The number of ether oxygens (including phenoxy) is 1. The van der Waals surface area contributed by atoms with Crippen LogP contribution in [0.3, 0.4) is 0 Å². The van der Waals surface area contributed by atoms with Crippen LogP contribution in [-0.2, 0) is 10.5 Å². The van der Waals surface area contributed by atoms with Gasteiger partial charge in [-0.05, 0) is 30.3 Å². The lowest BCUT2D eigenvalue weighted by Gasteiger charge is -2.32. The van der Waals surface area contributed by atoms with Gasteiger partial charge in [0, 0.05) is 41.3 Å². The van der Waals surface area contributed by atoms with Gasteiger partial charge in [-0.25, -0.2) is 0 Å². The van der Waals surface area contributed by atoms with Crippen molar-refractivity contribution in [1.29, 1.82) is 5.26 Å². The first-order valence-corrected chi connectivity index (χ1v) is 12.9. The summed E-state index contributed by atoms with van der Waals surface area (Å²) in [6, 6.07) is 9.78. The molecule has 10 nitrogen and oxygen atoms in total. The van der Waals surface area contributed by atoms with Crippen LogP contribution < -0.4 is 19.7 Å². The Hall–Kier alpha value is -4.68. The summed E-state index contributed by atoms with van der Waals surface area (Å²) in [4.78, 5) is 20.7. The molecular weight excluding hydrogens is 558 g/mol. The van der Waals surface area contributed by atoms with Crippen molar-refractivity contribution < 1.29 is 34.4 Å². The largest absolute Gasteiger partial charge is 0.573 e. The first kappa shape index (κ1) is 25.6. The Labute approximate surface area is 221 Å². The molecule has 0 radical (unpaired) electrons. The van der Waals surface area contributed by atoms with E-state index >= 15 is 0 Å². The van der Waals surface area contributed by atoms with Gasteiger partial charge >= 0.3 is 16.9 Å². The van der Waals surface area contributed by atoms with Gasteiger partial charge in [0.05, 0.1) is 40.2 Å². The van der Waals surface area contributed by atoms with E-state index in [0.29, 0.717) is 35.2 Å². The van der Waals surface area contributed by atoms with Gasteiger partial charge in [0.2, 0.25) is 0 Å². The zero-order chi connectivity index (χ0) is 28.4. The smallest absolute Gasteiger partial charge is 0.405 e. The highest BCUT2D eigenvalue weighted by Gasteiger charge is 2.34. The van der Waals surface area contributed by atoms with Crippen LogP contribution in [0.5, 0.6) is 11.5 Å². The number of benzene rings is 2. The predicted octanol–water partition coefficient (Wildman–Crippen LogP) is 4.21. The number of halogens is 4. The minimum absolute atomic E-state index is 0.0700. The van der Waals surface area contributed by atoms with Crippen LogP contribution in [0.15, 0.2) is 53.6 Å². The lowest BCUT2D eigenvalue weighted by Crippen LogP contribution is -2.44. The molecule has 1 saturated heterocycles. The highest BCUT2D eigenvalue weighted by Crippen LogP contribution is 2.40. The topological polar surface area (TPSA) is 139 Å². The number of nitrogens with one attached hydrogen (secondary N) is 2. The average molecular weight is 573 g/mol. The molecule has 204 valence electrons. The SMILES string of the molecule is N#Cc1ccc2c(c1)[nH]c1c2c(=O)c2cc(OC(F)(F)F)c(-c3cncc(OS(=O)(=O)F)c3)cc2n1C1CNC1. The van der Waals surface area contributed by atoms with Crippen LogP contribution in [0.1, 0.15) is 11.6 Å². The van der Waals surface area contributed by atoms with Crippen molar-refractivity contribution in [3.8, 4) is 28.7 Å². The van der Waals surface area contributed by atoms with Crippen molar-refractivity contribution in [2.24, 2.45) is 0 Å². The van der Waals surface area contributed by atoms with E-state index in [1.807, 2.05) is 6.07 Å². The molecule has 1 aliphatic rings. The van der Waals surface area contributed by atoms with Gasteiger partial charge in [-0.1, -0.05) is 9.95 Å². The number of aromatic nitrogens is 3. The number of rotatable bonds is 5. The first-order valence-electron chi connectivity index (χ1n) is 11.6. The second-order valence-corrected chi connectivity index (χ2v) is 9.98. The molecule has 3 aromatic heterocycles. The molecule has 15 heteroatoms. The Bertz CT molecular complexity index is 2060. The van der Waals surface area contributed by atoms with Crippen LogP contribution in [0, 0.1) is 11.3 Å². The molecule has 0 aliphatic carbocycles. The Morgan fingerprint density at radius 2 is 1.88 bits per heavy atom. The van der Waals surface area contributed by atoms with E-state index in [4.69, 9.17) is 0 Å². The monoisotopic (exact) mass is 573 g/mol. The predicted molar refractivity (Wildman–Crippen MR) is 135 cm³/mol. The normalized spacial score (nSPS) is 14.4. The Kier molecular flexibility index (Phi) is 5.71. The molecule has 0 unspecified atom stereocenters. The maximum absolute atomic E-state index is 13.8. The summed E-state index contributed by atoms with van der Waals surface area (Å²) < 4.78 is 85.7. The van der Waals surface area contributed by atoms with Gasteiger partial charge in [0.1, 0.15) is 11.4 Å². The fraction of sp³-hybridized carbons (Fsp3) is 0.160. The zero-order valence-corrected chi connectivity index (χ0v) is 20.7. The molecule has 2 aromatic carbocycles. The van der Waals surface area contributed by atoms with Crippen molar-refractivity contribution in [2.45, 2.75) is 12.4 Å². The maximum Gasteiger partial charge on any atom is 0.573 e. The van der Waals surface area contributed by atoms with Crippen LogP contribution in [-0.4, -0.2) is 42.4 Å². The third kappa shape index (κ3) is 4.46. The molecule has 40 heavy (non-hydrogen) atoms. The number of alkyl halides is 3. The summed E-state index contributed by atoms with van der Waals surface area (Å²) in [5, 5.41) is 13.1. The van der Waals surface area contributed by atoms with E-state index in [1.54, 1.807) is 16.7 Å². The lowest BCUT2D eigenvalue weighted by molar-refractivity contribution is -0.274. The van der Waals surface area contributed by atoms with Gasteiger partial charge < -0.3 is 23.8 Å². The van der Waals surface area contributed by atoms with E-state index in [9.17, 15) is 35.5 Å². The first-order chi connectivity index (χ1) is 18.9. The van der Waals surface area contributed by atoms with Crippen molar-refractivity contribution in [3.05, 3.63) is 64.6 Å². The summed E-state index contributed by atoms with van der Waals surface area (Å²) in [5.74, 6) is -1.35. The van der Waals surface area contributed by atoms with Crippen LogP contribution in [0.4, 0.5) is 17.1 Å². The summed E-state index contributed by atoms with van der Waals surface area (Å²) in [5.41, 5.74) is 0.636. The second-order valence-electron chi connectivity index (χ2n) is 9.03. The lowest BCUT2D eigenvalue weighted by atomic mass is 10.0. The Balaban J connectivity index is 1.70. The molecular formula is C25H15F4N5O5S. The van der Waals surface area contributed by atoms with Crippen molar-refractivity contribution in [2.75, 3.05) is 13.1 Å². The van der Waals surface area contributed by atoms with E-state index in [2.05, 4.69) is 24.2 Å².